The lowest BCUT2D eigenvalue weighted by Crippen LogP contribution is -2.40. The van der Waals surface area contributed by atoms with Gasteiger partial charge in [0.25, 0.3) is 0 Å². The van der Waals surface area contributed by atoms with E-state index in [-0.39, 0.29) is 12.8 Å². The van der Waals surface area contributed by atoms with Crippen molar-refractivity contribution < 1.29 is 24.2 Å². The van der Waals surface area contributed by atoms with Crippen molar-refractivity contribution in [3.8, 4) is 0 Å². The molecular weight excluding hydrogens is 226 g/mol. The molecule has 0 aliphatic heterocycles. The molecule has 1 atom stereocenters. The number of aliphatic carboxylic acids is 1. The second-order valence-electron chi connectivity index (χ2n) is 4.72. The van der Waals surface area contributed by atoms with Crippen LogP contribution >= 0.6 is 0 Å². The standard InChI is InChI=1S/C11H19NO5/c1-7(13)12-8(10(15)16)5-6-9(14)17-11(2,3)4/h8H,5-6H2,1-4H3,(H,12,13)(H,15,16). The first-order valence-corrected chi connectivity index (χ1v) is 5.33. The Balaban J connectivity index is 4.18. The molecule has 0 spiro atoms. The van der Waals surface area contributed by atoms with Crippen LogP contribution in [-0.2, 0) is 19.1 Å². The SMILES string of the molecule is CC(=O)NC(CCC(=O)OC(C)(C)C)C(=O)O. The van der Waals surface area contributed by atoms with E-state index >= 15 is 0 Å². The lowest BCUT2D eigenvalue weighted by atomic mass is 10.1. The van der Waals surface area contributed by atoms with Crippen molar-refractivity contribution in [1.29, 1.82) is 0 Å². The van der Waals surface area contributed by atoms with Crippen LogP contribution in [-0.4, -0.2) is 34.6 Å². The van der Waals surface area contributed by atoms with E-state index < -0.39 is 29.5 Å². The second kappa shape index (κ2) is 6.22. The van der Waals surface area contributed by atoms with Crippen LogP contribution in [0.5, 0.6) is 0 Å². The molecule has 0 radical (unpaired) electrons. The molecule has 0 bridgehead atoms. The van der Waals surface area contributed by atoms with Crippen LogP contribution in [0.2, 0.25) is 0 Å². The predicted molar refractivity (Wildman–Crippen MR) is 60.3 cm³/mol. The van der Waals surface area contributed by atoms with Gasteiger partial charge in [0.05, 0.1) is 0 Å². The molecule has 0 aliphatic carbocycles. The number of ether oxygens (including phenoxy) is 1. The number of carbonyl (C=O) groups excluding carboxylic acids is 2. The number of hydrogen-bond donors (Lipinski definition) is 2. The molecule has 6 nitrogen and oxygen atoms in total. The zero-order valence-electron chi connectivity index (χ0n) is 10.6. The van der Waals surface area contributed by atoms with Crippen molar-refractivity contribution in [2.24, 2.45) is 0 Å². The fourth-order valence-electron chi connectivity index (χ4n) is 1.16. The fourth-order valence-corrected chi connectivity index (χ4v) is 1.16. The third-order valence-corrected chi connectivity index (χ3v) is 1.73. The zero-order chi connectivity index (χ0) is 13.6. The lowest BCUT2D eigenvalue weighted by Gasteiger charge is -2.20. The number of carbonyl (C=O) groups is 3. The molecular formula is C11H19NO5. The Kier molecular flexibility index (Phi) is 5.64. The number of nitrogens with one attached hydrogen (secondary N) is 1. The predicted octanol–water partition coefficient (Wildman–Crippen LogP) is 0.698. The summed E-state index contributed by atoms with van der Waals surface area (Å²) in [5, 5.41) is 11.1. The Hall–Kier alpha value is -1.59. The van der Waals surface area contributed by atoms with Crippen molar-refractivity contribution in [2.45, 2.75) is 52.2 Å². The number of carboxylic acid groups (broad SMARTS) is 1. The summed E-state index contributed by atoms with van der Waals surface area (Å²) >= 11 is 0. The Morgan fingerprint density at radius 3 is 2.18 bits per heavy atom. The summed E-state index contributed by atoms with van der Waals surface area (Å²) in [6.07, 6.45) is -0.0294. The van der Waals surface area contributed by atoms with Crippen LogP contribution < -0.4 is 5.32 Å². The maximum atomic E-state index is 11.3. The molecule has 0 fully saturated rings. The van der Waals surface area contributed by atoms with Gasteiger partial charge in [0.15, 0.2) is 0 Å². The first-order chi connectivity index (χ1) is 7.61. The van der Waals surface area contributed by atoms with Gasteiger partial charge in [-0.1, -0.05) is 0 Å². The highest BCUT2D eigenvalue weighted by atomic mass is 16.6. The summed E-state index contributed by atoms with van der Waals surface area (Å²) in [4.78, 5) is 32.9. The van der Waals surface area contributed by atoms with E-state index in [0.29, 0.717) is 0 Å². The molecule has 0 aromatic carbocycles. The molecule has 0 saturated carbocycles. The van der Waals surface area contributed by atoms with E-state index in [9.17, 15) is 14.4 Å². The summed E-state index contributed by atoms with van der Waals surface area (Å²) < 4.78 is 5.03. The van der Waals surface area contributed by atoms with E-state index in [2.05, 4.69) is 5.32 Å². The normalized spacial score (nSPS) is 12.7. The van der Waals surface area contributed by atoms with Gasteiger partial charge in [-0.25, -0.2) is 4.79 Å². The summed E-state index contributed by atoms with van der Waals surface area (Å²) in [5.41, 5.74) is -0.593. The van der Waals surface area contributed by atoms with Gasteiger partial charge < -0.3 is 15.2 Å². The Morgan fingerprint density at radius 2 is 1.82 bits per heavy atom. The highest BCUT2D eigenvalue weighted by Crippen LogP contribution is 2.10. The Bertz CT molecular complexity index is 305. The number of amides is 1. The molecule has 0 aromatic rings. The molecule has 1 amide bonds. The molecule has 6 heteroatoms. The van der Waals surface area contributed by atoms with E-state index in [0.717, 1.165) is 0 Å². The molecule has 0 heterocycles. The maximum absolute atomic E-state index is 11.3. The summed E-state index contributed by atoms with van der Waals surface area (Å²) in [7, 11) is 0. The summed E-state index contributed by atoms with van der Waals surface area (Å²) in [6.45, 7) is 6.41. The Morgan fingerprint density at radius 1 is 1.29 bits per heavy atom. The van der Waals surface area contributed by atoms with Crippen molar-refractivity contribution in [2.75, 3.05) is 0 Å². The third-order valence-electron chi connectivity index (χ3n) is 1.73. The number of carboxylic acids is 1. The second-order valence-corrected chi connectivity index (χ2v) is 4.72. The van der Waals surface area contributed by atoms with Crippen LogP contribution in [0.3, 0.4) is 0 Å². The average Bonchev–Trinajstić information content (AvgIpc) is 2.08. The first-order valence-electron chi connectivity index (χ1n) is 5.33. The quantitative estimate of drug-likeness (QED) is 0.695. The van der Waals surface area contributed by atoms with E-state index in [1.807, 2.05) is 0 Å². The number of rotatable bonds is 5. The molecule has 98 valence electrons. The van der Waals surface area contributed by atoms with E-state index in [1.165, 1.54) is 6.92 Å². The monoisotopic (exact) mass is 245 g/mol. The smallest absolute Gasteiger partial charge is 0.326 e. The zero-order valence-corrected chi connectivity index (χ0v) is 10.6. The molecule has 0 aromatic heterocycles. The summed E-state index contributed by atoms with van der Waals surface area (Å²) in [6, 6.07) is -1.06. The number of hydrogen-bond acceptors (Lipinski definition) is 4. The van der Waals surface area contributed by atoms with Gasteiger partial charge >= 0.3 is 11.9 Å². The van der Waals surface area contributed by atoms with Gasteiger partial charge in [-0.2, -0.15) is 0 Å². The van der Waals surface area contributed by atoms with Gasteiger partial charge in [-0.05, 0) is 27.2 Å². The van der Waals surface area contributed by atoms with Crippen LogP contribution in [0.15, 0.2) is 0 Å². The first kappa shape index (κ1) is 15.4. The minimum atomic E-state index is -1.16. The third kappa shape index (κ3) is 8.24. The van der Waals surface area contributed by atoms with Crippen LogP contribution in [0.25, 0.3) is 0 Å². The largest absolute Gasteiger partial charge is 0.480 e. The minimum absolute atomic E-state index is 0.0177. The van der Waals surface area contributed by atoms with E-state index in [4.69, 9.17) is 9.84 Å². The number of esters is 1. The van der Waals surface area contributed by atoms with Gasteiger partial charge in [-0.3, -0.25) is 9.59 Å². The van der Waals surface area contributed by atoms with Crippen molar-refractivity contribution in [3.05, 3.63) is 0 Å². The summed E-state index contributed by atoms with van der Waals surface area (Å²) in [5.74, 6) is -2.08. The van der Waals surface area contributed by atoms with E-state index in [1.54, 1.807) is 20.8 Å². The van der Waals surface area contributed by atoms with Gasteiger partial charge in [0, 0.05) is 13.3 Å². The highest BCUT2D eigenvalue weighted by molar-refractivity contribution is 5.82. The molecule has 17 heavy (non-hydrogen) atoms. The fraction of sp³-hybridized carbons (Fsp3) is 0.727. The van der Waals surface area contributed by atoms with Crippen molar-refractivity contribution in [1.82, 2.24) is 5.32 Å². The lowest BCUT2D eigenvalue weighted by molar-refractivity contribution is -0.155. The van der Waals surface area contributed by atoms with Crippen molar-refractivity contribution >= 4 is 17.8 Å². The van der Waals surface area contributed by atoms with Crippen molar-refractivity contribution in [3.63, 3.8) is 0 Å². The van der Waals surface area contributed by atoms with Crippen LogP contribution in [0.4, 0.5) is 0 Å². The Labute approximate surface area is 100 Å². The molecule has 0 aliphatic rings. The topological polar surface area (TPSA) is 92.7 Å². The van der Waals surface area contributed by atoms with Crippen LogP contribution in [0, 0.1) is 0 Å². The van der Waals surface area contributed by atoms with Crippen LogP contribution in [0.1, 0.15) is 40.5 Å². The molecule has 2 N–H and O–H groups in total. The van der Waals surface area contributed by atoms with Gasteiger partial charge in [0.2, 0.25) is 5.91 Å². The molecule has 0 rings (SSSR count). The molecule has 0 saturated heterocycles. The minimum Gasteiger partial charge on any atom is -0.480 e. The van der Waals surface area contributed by atoms with Gasteiger partial charge in [0.1, 0.15) is 11.6 Å². The maximum Gasteiger partial charge on any atom is 0.326 e. The highest BCUT2D eigenvalue weighted by Gasteiger charge is 2.22. The molecule has 1 unspecified atom stereocenters. The van der Waals surface area contributed by atoms with Gasteiger partial charge in [-0.15, -0.1) is 0 Å². The average molecular weight is 245 g/mol.